The van der Waals surface area contributed by atoms with E-state index in [0.717, 1.165) is 0 Å². The monoisotopic (exact) mass is 257 g/mol. The van der Waals surface area contributed by atoms with Gasteiger partial charge in [0, 0.05) is 23.0 Å². The summed E-state index contributed by atoms with van der Waals surface area (Å²) in [6, 6.07) is 1.42. The molecule has 0 amide bonds. The van der Waals surface area contributed by atoms with Crippen molar-refractivity contribution in [3.05, 3.63) is 33.6 Å². The zero-order valence-electron chi connectivity index (χ0n) is 7.48. The summed E-state index contributed by atoms with van der Waals surface area (Å²) in [5, 5.41) is -0.177. The lowest BCUT2D eigenvalue weighted by molar-refractivity contribution is 0.128. The van der Waals surface area contributed by atoms with Gasteiger partial charge >= 0.3 is 0 Å². The van der Waals surface area contributed by atoms with Crippen LogP contribution in [-0.4, -0.2) is 6.43 Å². The predicted octanol–water partition coefficient (Wildman–Crippen LogP) is 3.79. The Kier molecular flexibility index (Phi) is 4.25. The van der Waals surface area contributed by atoms with E-state index in [4.69, 9.17) is 28.9 Å². The minimum Gasteiger partial charge on any atom is -0.324 e. The highest BCUT2D eigenvalue weighted by molar-refractivity contribution is 6.33. The Balaban J connectivity index is 3.07. The van der Waals surface area contributed by atoms with Crippen molar-refractivity contribution in [2.24, 2.45) is 5.73 Å². The predicted molar refractivity (Wildman–Crippen MR) is 54.0 cm³/mol. The first-order valence-corrected chi connectivity index (χ1v) is 4.86. The second kappa shape index (κ2) is 5.05. The third-order valence-electron chi connectivity index (χ3n) is 1.88. The third-order valence-corrected chi connectivity index (χ3v) is 2.50. The lowest BCUT2D eigenvalue weighted by Crippen LogP contribution is -2.16. The van der Waals surface area contributed by atoms with Gasteiger partial charge in [-0.25, -0.2) is 13.2 Å². The van der Waals surface area contributed by atoms with Crippen LogP contribution in [0.3, 0.4) is 0 Å². The lowest BCUT2D eigenvalue weighted by Gasteiger charge is -2.14. The van der Waals surface area contributed by atoms with Crippen molar-refractivity contribution in [1.82, 2.24) is 0 Å². The fraction of sp³-hybridized carbons (Fsp3) is 0.333. The van der Waals surface area contributed by atoms with Crippen LogP contribution in [0.4, 0.5) is 13.2 Å². The molecule has 84 valence electrons. The summed E-state index contributed by atoms with van der Waals surface area (Å²) >= 11 is 11.1. The van der Waals surface area contributed by atoms with Gasteiger partial charge in [-0.2, -0.15) is 0 Å². The minimum atomic E-state index is -2.62. The van der Waals surface area contributed by atoms with Gasteiger partial charge in [0.15, 0.2) is 0 Å². The van der Waals surface area contributed by atoms with Crippen molar-refractivity contribution in [1.29, 1.82) is 0 Å². The van der Waals surface area contributed by atoms with Gasteiger partial charge in [-0.3, -0.25) is 0 Å². The van der Waals surface area contributed by atoms with Crippen LogP contribution >= 0.6 is 23.2 Å². The van der Waals surface area contributed by atoms with E-state index in [9.17, 15) is 13.2 Å². The van der Waals surface area contributed by atoms with Crippen LogP contribution in [0, 0.1) is 5.82 Å². The molecule has 0 spiro atoms. The van der Waals surface area contributed by atoms with E-state index in [0.29, 0.717) is 0 Å². The fourth-order valence-corrected chi connectivity index (χ4v) is 1.64. The molecule has 2 N–H and O–H groups in total. The topological polar surface area (TPSA) is 26.0 Å². The molecule has 1 rings (SSSR count). The van der Waals surface area contributed by atoms with Gasteiger partial charge in [0.25, 0.3) is 0 Å². The fourth-order valence-electron chi connectivity index (χ4n) is 1.19. The molecule has 0 fully saturated rings. The number of alkyl halides is 2. The first-order valence-electron chi connectivity index (χ1n) is 4.10. The van der Waals surface area contributed by atoms with Crippen LogP contribution in [0.1, 0.15) is 18.0 Å². The summed E-state index contributed by atoms with van der Waals surface area (Å²) in [6.07, 6.45) is -3.27. The molecule has 1 aromatic carbocycles. The number of rotatable bonds is 3. The molecule has 1 atom stereocenters. The zero-order chi connectivity index (χ0) is 11.6. The standard InChI is InChI=1S/C9H8Cl2F3N/c10-4-1-2-5(11)9(14)8(4)6(15)3-7(12)13/h1-2,6-7H,3,15H2/t6-/m1/s1. The summed E-state index contributed by atoms with van der Waals surface area (Å²) in [5.41, 5.74) is 5.24. The van der Waals surface area contributed by atoms with Crippen LogP contribution in [0.15, 0.2) is 12.1 Å². The Labute approximate surface area is 95.0 Å². The van der Waals surface area contributed by atoms with Gasteiger partial charge in [-0.15, -0.1) is 0 Å². The molecule has 0 aliphatic rings. The van der Waals surface area contributed by atoms with Crippen molar-refractivity contribution in [3.63, 3.8) is 0 Å². The quantitative estimate of drug-likeness (QED) is 0.820. The van der Waals surface area contributed by atoms with E-state index in [2.05, 4.69) is 0 Å². The van der Waals surface area contributed by atoms with Crippen molar-refractivity contribution in [2.45, 2.75) is 18.9 Å². The first kappa shape index (κ1) is 12.6. The van der Waals surface area contributed by atoms with E-state index in [1.165, 1.54) is 12.1 Å². The van der Waals surface area contributed by atoms with Gasteiger partial charge in [0.2, 0.25) is 6.43 Å². The summed E-state index contributed by atoms with van der Waals surface area (Å²) in [4.78, 5) is 0. The molecule has 0 aliphatic heterocycles. The number of halogens is 5. The molecule has 0 saturated carbocycles. The molecule has 0 heterocycles. The molecule has 0 aliphatic carbocycles. The number of hydrogen-bond acceptors (Lipinski definition) is 1. The SMILES string of the molecule is N[C@H](CC(F)F)c1c(Cl)ccc(Cl)c1F. The van der Waals surface area contributed by atoms with E-state index < -0.39 is 24.7 Å². The molecule has 0 saturated heterocycles. The maximum atomic E-state index is 13.4. The Morgan fingerprint density at radius 2 is 1.73 bits per heavy atom. The van der Waals surface area contributed by atoms with Gasteiger partial charge in [-0.1, -0.05) is 23.2 Å². The first-order chi connectivity index (χ1) is 6.93. The molecular formula is C9H8Cl2F3N. The molecular weight excluding hydrogens is 250 g/mol. The highest BCUT2D eigenvalue weighted by Gasteiger charge is 2.21. The Bertz CT molecular complexity index is 357. The molecule has 6 heteroatoms. The lowest BCUT2D eigenvalue weighted by atomic mass is 10.0. The van der Waals surface area contributed by atoms with Gasteiger partial charge in [0.1, 0.15) is 5.82 Å². The number of benzene rings is 1. The van der Waals surface area contributed by atoms with E-state index in [1.807, 2.05) is 0 Å². The normalized spacial score (nSPS) is 13.3. The molecule has 0 aromatic heterocycles. The summed E-state index contributed by atoms with van der Waals surface area (Å²) < 4.78 is 37.5. The van der Waals surface area contributed by atoms with Crippen LogP contribution in [-0.2, 0) is 0 Å². The van der Waals surface area contributed by atoms with Gasteiger partial charge < -0.3 is 5.73 Å². The molecule has 1 aromatic rings. The molecule has 0 radical (unpaired) electrons. The largest absolute Gasteiger partial charge is 0.324 e. The number of nitrogens with two attached hydrogens (primary N) is 1. The second-order valence-electron chi connectivity index (χ2n) is 2.99. The molecule has 15 heavy (non-hydrogen) atoms. The molecule has 0 unspecified atom stereocenters. The Hall–Kier alpha value is -0.450. The Morgan fingerprint density at radius 1 is 1.20 bits per heavy atom. The minimum absolute atomic E-state index is 0.00468. The van der Waals surface area contributed by atoms with Crippen LogP contribution in [0.2, 0.25) is 10.0 Å². The number of hydrogen-bond donors (Lipinski definition) is 1. The second-order valence-corrected chi connectivity index (χ2v) is 3.80. The summed E-state index contributed by atoms with van der Waals surface area (Å²) in [6.45, 7) is 0. The van der Waals surface area contributed by atoms with E-state index in [1.54, 1.807) is 0 Å². The van der Waals surface area contributed by atoms with Crippen LogP contribution in [0.5, 0.6) is 0 Å². The summed E-state index contributed by atoms with van der Waals surface area (Å²) in [7, 11) is 0. The van der Waals surface area contributed by atoms with Crippen molar-refractivity contribution < 1.29 is 13.2 Å². The summed E-state index contributed by atoms with van der Waals surface area (Å²) in [5.74, 6) is -0.836. The highest BCUT2D eigenvalue weighted by Crippen LogP contribution is 2.31. The Morgan fingerprint density at radius 3 is 2.27 bits per heavy atom. The van der Waals surface area contributed by atoms with Crippen molar-refractivity contribution in [3.8, 4) is 0 Å². The van der Waals surface area contributed by atoms with Gasteiger partial charge in [0.05, 0.1) is 5.02 Å². The smallest absolute Gasteiger partial charge is 0.240 e. The average molecular weight is 258 g/mol. The van der Waals surface area contributed by atoms with Crippen molar-refractivity contribution >= 4 is 23.2 Å². The molecule has 1 nitrogen and oxygen atoms in total. The average Bonchev–Trinajstić information content (AvgIpc) is 2.11. The van der Waals surface area contributed by atoms with Gasteiger partial charge in [-0.05, 0) is 12.1 Å². The maximum Gasteiger partial charge on any atom is 0.240 e. The highest BCUT2D eigenvalue weighted by atomic mass is 35.5. The maximum absolute atomic E-state index is 13.4. The van der Waals surface area contributed by atoms with Crippen molar-refractivity contribution in [2.75, 3.05) is 0 Å². The van der Waals surface area contributed by atoms with Crippen LogP contribution < -0.4 is 5.73 Å². The zero-order valence-corrected chi connectivity index (χ0v) is 9.00. The molecule has 0 bridgehead atoms. The van der Waals surface area contributed by atoms with E-state index >= 15 is 0 Å². The van der Waals surface area contributed by atoms with E-state index in [-0.39, 0.29) is 15.6 Å². The third kappa shape index (κ3) is 3.00. The van der Waals surface area contributed by atoms with Crippen LogP contribution in [0.25, 0.3) is 0 Å².